The highest BCUT2D eigenvalue weighted by Gasteiger charge is 2.30. The van der Waals surface area contributed by atoms with E-state index in [0.717, 1.165) is 43.1 Å². The summed E-state index contributed by atoms with van der Waals surface area (Å²) in [6.07, 6.45) is 2.27. The minimum absolute atomic E-state index is 0.142. The number of carbonyl (C=O) groups is 1. The molecule has 0 spiro atoms. The molecule has 0 bridgehead atoms. The molecule has 2 fully saturated rings. The van der Waals surface area contributed by atoms with E-state index in [4.69, 9.17) is 14.0 Å². The minimum Gasteiger partial charge on any atom is -0.497 e. The van der Waals surface area contributed by atoms with Crippen molar-refractivity contribution in [1.82, 2.24) is 15.0 Å². The summed E-state index contributed by atoms with van der Waals surface area (Å²) in [5.74, 6) is 3.07. The quantitative estimate of drug-likeness (QED) is 0.608. The SMILES string of the molecule is COc1ccc(NC(=O)N2CCN(c3ccc(-c4noc(C5CC5)n4)cc3)CC2)c(OC)c1. The number of nitrogens with zero attached hydrogens (tertiary/aromatic N) is 4. The Balaban J connectivity index is 1.17. The van der Waals surface area contributed by atoms with E-state index in [1.54, 1.807) is 32.4 Å². The topological polar surface area (TPSA) is 93.0 Å². The second kappa shape index (κ2) is 9.01. The molecule has 9 heteroatoms. The van der Waals surface area contributed by atoms with Crippen LogP contribution >= 0.6 is 0 Å². The Hall–Kier alpha value is -3.75. The number of amides is 2. The van der Waals surface area contributed by atoms with Crippen molar-refractivity contribution in [1.29, 1.82) is 0 Å². The van der Waals surface area contributed by atoms with Gasteiger partial charge >= 0.3 is 6.03 Å². The van der Waals surface area contributed by atoms with Crippen LogP contribution in [0.3, 0.4) is 0 Å². The molecular formula is C24H27N5O4. The molecule has 1 N–H and O–H groups in total. The van der Waals surface area contributed by atoms with Crippen molar-refractivity contribution in [3.8, 4) is 22.9 Å². The third-order valence-corrected chi connectivity index (χ3v) is 6.08. The predicted molar refractivity (Wildman–Crippen MR) is 124 cm³/mol. The molecule has 1 aliphatic heterocycles. The molecule has 5 rings (SSSR count). The van der Waals surface area contributed by atoms with Gasteiger partial charge in [0.05, 0.1) is 19.9 Å². The number of piperazine rings is 1. The summed E-state index contributed by atoms with van der Waals surface area (Å²) in [5, 5.41) is 7.05. The van der Waals surface area contributed by atoms with Gasteiger partial charge in [-0.25, -0.2) is 4.79 Å². The van der Waals surface area contributed by atoms with Gasteiger partial charge in [-0.2, -0.15) is 4.98 Å². The third-order valence-electron chi connectivity index (χ3n) is 6.08. The standard InChI is InChI=1S/C24H27N5O4/c1-31-19-9-10-20(21(15-19)32-2)25-24(30)29-13-11-28(12-14-29)18-7-5-16(6-8-18)22-26-23(33-27-22)17-3-4-17/h5-10,15,17H,3-4,11-14H2,1-2H3,(H,25,30). The average molecular weight is 450 g/mol. The van der Waals surface area contributed by atoms with Crippen molar-refractivity contribution in [2.45, 2.75) is 18.8 Å². The van der Waals surface area contributed by atoms with Crippen LogP contribution in [-0.4, -0.2) is 61.5 Å². The molecule has 1 saturated carbocycles. The lowest BCUT2D eigenvalue weighted by Gasteiger charge is -2.36. The molecule has 0 unspecified atom stereocenters. The molecule has 0 radical (unpaired) electrons. The predicted octanol–water partition coefficient (Wildman–Crippen LogP) is 3.99. The van der Waals surface area contributed by atoms with E-state index in [0.29, 0.717) is 42.0 Å². The zero-order valence-electron chi connectivity index (χ0n) is 18.8. The fourth-order valence-corrected chi connectivity index (χ4v) is 3.93. The van der Waals surface area contributed by atoms with Crippen molar-refractivity contribution in [2.24, 2.45) is 0 Å². The number of nitrogens with one attached hydrogen (secondary N) is 1. The van der Waals surface area contributed by atoms with Crippen molar-refractivity contribution in [2.75, 3.05) is 50.6 Å². The normalized spacial score (nSPS) is 15.9. The molecule has 2 aliphatic rings. The number of anilines is 2. The summed E-state index contributed by atoms with van der Waals surface area (Å²) in [6.45, 7) is 2.75. The van der Waals surface area contributed by atoms with E-state index >= 15 is 0 Å². The van der Waals surface area contributed by atoms with Gasteiger partial charge in [-0.05, 0) is 49.2 Å². The second-order valence-electron chi connectivity index (χ2n) is 8.25. The molecule has 2 heterocycles. The highest BCUT2D eigenvalue weighted by molar-refractivity contribution is 5.91. The summed E-state index contributed by atoms with van der Waals surface area (Å²) in [6, 6.07) is 13.4. The van der Waals surface area contributed by atoms with Crippen LogP contribution in [-0.2, 0) is 0 Å². The molecule has 0 atom stereocenters. The minimum atomic E-state index is -0.142. The van der Waals surface area contributed by atoms with Crippen molar-refractivity contribution in [3.05, 3.63) is 48.4 Å². The van der Waals surface area contributed by atoms with Gasteiger partial charge in [-0.1, -0.05) is 5.16 Å². The Labute approximate surface area is 192 Å². The van der Waals surface area contributed by atoms with Gasteiger partial charge in [0.1, 0.15) is 11.5 Å². The Kier molecular flexibility index (Phi) is 5.77. The Bertz CT molecular complexity index is 1120. The first-order valence-corrected chi connectivity index (χ1v) is 11.1. The van der Waals surface area contributed by atoms with Gasteiger partial charge in [0.2, 0.25) is 11.7 Å². The van der Waals surface area contributed by atoms with Gasteiger partial charge in [-0.15, -0.1) is 0 Å². The van der Waals surface area contributed by atoms with E-state index in [-0.39, 0.29) is 6.03 Å². The number of methoxy groups -OCH3 is 2. The molecule has 2 amide bonds. The van der Waals surface area contributed by atoms with Crippen LogP contribution in [0.5, 0.6) is 11.5 Å². The first-order chi connectivity index (χ1) is 16.1. The molecule has 1 aromatic heterocycles. The van der Waals surface area contributed by atoms with Crippen LogP contribution in [0, 0.1) is 0 Å². The number of ether oxygens (including phenoxy) is 2. The van der Waals surface area contributed by atoms with Crippen molar-refractivity contribution in [3.63, 3.8) is 0 Å². The van der Waals surface area contributed by atoms with Crippen LogP contribution in [0.1, 0.15) is 24.7 Å². The molecule has 172 valence electrons. The summed E-state index contributed by atoms with van der Waals surface area (Å²) in [4.78, 5) is 21.4. The van der Waals surface area contributed by atoms with Gasteiger partial charge in [0, 0.05) is 49.4 Å². The van der Waals surface area contributed by atoms with Gasteiger partial charge < -0.3 is 29.1 Å². The summed E-state index contributed by atoms with van der Waals surface area (Å²) in [7, 11) is 3.16. The van der Waals surface area contributed by atoms with Crippen LogP contribution in [0.2, 0.25) is 0 Å². The summed E-state index contributed by atoms with van der Waals surface area (Å²) < 4.78 is 15.9. The van der Waals surface area contributed by atoms with E-state index in [9.17, 15) is 4.79 Å². The number of aromatic nitrogens is 2. The molecular weight excluding hydrogens is 422 g/mol. The van der Waals surface area contributed by atoms with Crippen LogP contribution in [0.25, 0.3) is 11.4 Å². The van der Waals surface area contributed by atoms with Crippen molar-refractivity contribution < 1.29 is 18.8 Å². The molecule has 9 nitrogen and oxygen atoms in total. The number of benzene rings is 2. The molecule has 1 saturated heterocycles. The highest BCUT2D eigenvalue weighted by atomic mass is 16.5. The second-order valence-corrected chi connectivity index (χ2v) is 8.25. The van der Waals surface area contributed by atoms with E-state index in [1.807, 2.05) is 17.0 Å². The maximum Gasteiger partial charge on any atom is 0.322 e. The lowest BCUT2D eigenvalue weighted by atomic mass is 10.1. The number of hydrogen-bond donors (Lipinski definition) is 1. The highest BCUT2D eigenvalue weighted by Crippen LogP contribution is 2.39. The Morgan fingerprint density at radius 3 is 2.45 bits per heavy atom. The molecule has 1 aliphatic carbocycles. The summed E-state index contributed by atoms with van der Waals surface area (Å²) >= 11 is 0. The first-order valence-electron chi connectivity index (χ1n) is 11.1. The molecule has 33 heavy (non-hydrogen) atoms. The Morgan fingerprint density at radius 1 is 1.03 bits per heavy atom. The van der Waals surface area contributed by atoms with E-state index in [2.05, 4.69) is 32.5 Å². The summed E-state index contributed by atoms with van der Waals surface area (Å²) in [5.41, 5.74) is 2.68. The smallest absolute Gasteiger partial charge is 0.322 e. The number of urea groups is 1. The third kappa shape index (κ3) is 4.57. The first kappa shape index (κ1) is 21.1. The van der Waals surface area contributed by atoms with Gasteiger partial charge in [0.25, 0.3) is 0 Å². The fourth-order valence-electron chi connectivity index (χ4n) is 3.93. The largest absolute Gasteiger partial charge is 0.497 e. The zero-order chi connectivity index (χ0) is 22.8. The molecule has 3 aromatic rings. The number of rotatable bonds is 6. The lowest BCUT2D eigenvalue weighted by molar-refractivity contribution is 0.208. The number of carbonyl (C=O) groups excluding carboxylic acids is 1. The van der Waals surface area contributed by atoms with Gasteiger partial charge in [-0.3, -0.25) is 0 Å². The van der Waals surface area contributed by atoms with Crippen LogP contribution in [0.15, 0.2) is 47.0 Å². The van der Waals surface area contributed by atoms with Crippen molar-refractivity contribution >= 4 is 17.4 Å². The zero-order valence-corrected chi connectivity index (χ0v) is 18.8. The van der Waals surface area contributed by atoms with Crippen LogP contribution < -0.4 is 19.7 Å². The fraction of sp³-hybridized carbons (Fsp3) is 0.375. The van der Waals surface area contributed by atoms with Crippen LogP contribution in [0.4, 0.5) is 16.2 Å². The lowest BCUT2D eigenvalue weighted by Crippen LogP contribution is -2.50. The maximum atomic E-state index is 12.8. The maximum absolute atomic E-state index is 12.8. The monoisotopic (exact) mass is 449 g/mol. The number of hydrogen-bond acceptors (Lipinski definition) is 7. The van der Waals surface area contributed by atoms with E-state index in [1.165, 1.54) is 0 Å². The Morgan fingerprint density at radius 2 is 1.79 bits per heavy atom. The van der Waals surface area contributed by atoms with Gasteiger partial charge in [0.15, 0.2) is 0 Å². The average Bonchev–Trinajstić information content (AvgIpc) is 3.60. The molecule has 2 aromatic carbocycles. The van der Waals surface area contributed by atoms with E-state index < -0.39 is 0 Å².